The van der Waals surface area contributed by atoms with Crippen LogP contribution in [0.15, 0.2) is 24.3 Å². The van der Waals surface area contributed by atoms with E-state index in [0.29, 0.717) is 5.02 Å². The average molecular weight is 155 g/mol. The van der Waals surface area contributed by atoms with Crippen LogP contribution in [0, 0.1) is 6.92 Å². The van der Waals surface area contributed by atoms with E-state index in [1.54, 1.807) is 0 Å². The Labute approximate surface area is 65.8 Å². The monoisotopic (exact) mass is 154 g/mol. The Morgan fingerprint density at radius 3 is 2.60 bits per heavy atom. The number of nitrogens with two attached hydrogens (primary N) is 1. The summed E-state index contributed by atoms with van der Waals surface area (Å²) in [5, 5.41) is 0.705. The fraction of sp³-hybridized carbons (Fsp3) is 0.125. The van der Waals surface area contributed by atoms with E-state index in [1.165, 1.54) is 0 Å². The average Bonchev–Trinajstić information content (AvgIpc) is 1.88. The van der Waals surface area contributed by atoms with Crippen LogP contribution in [0.4, 0.5) is 0 Å². The Morgan fingerprint density at radius 1 is 1.50 bits per heavy atom. The highest BCUT2D eigenvalue weighted by molar-refractivity contribution is 6.30. The molecule has 0 saturated carbocycles. The molecule has 10 heavy (non-hydrogen) atoms. The molecule has 53 valence electrons. The molecule has 0 unspecified atom stereocenters. The Bertz CT molecular complexity index is 220. The molecule has 1 aromatic carbocycles. The first kappa shape index (κ1) is 7.58. The second-order valence-corrected chi connectivity index (χ2v) is 2.60. The maximum atomic E-state index is 5.71. The molecule has 0 fully saturated rings. The van der Waals surface area contributed by atoms with Crippen molar-refractivity contribution in [2.75, 3.05) is 0 Å². The number of halogens is 1. The third-order valence-electron chi connectivity index (χ3n) is 1.28. The largest absolute Gasteiger partial charge is 0.324 e. The van der Waals surface area contributed by atoms with Crippen LogP contribution in [0.25, 0.3) is 0 Å². The van der Waals surface area contributed by atoms with Crippen LogP contribution in [0.3, 0.4) is 0 Å². The van der Waals surface area contributed by atoms with E-state index in [0.717, 1.165) is 5.56 Å². The molecule has 0 saturated heterocycles. The van der Waals surface area contributed by atoms with Crippen molar-refractivity contribution in [1.29, 1.82) is 0 Å². The predicted octanol–water partition coefficient (Wildman–Crippen LogP) is 2.17. The Morgan fingerprint density at radius 2 is 2.20 bits per heavy atom. The van der Waals surface area contributed by atoms with Gasteiger partial charge >= 0.3 is 0 Å². The van der Waals surface area contributed by atoms with Crippen molar-refractivity contribution in [3.8, 4) is 0 Å². The molecule has 0 aliphatic carbocycles. The topological polar surface area (TPSA) is 26.0 Å². The van der Waals surface area contributed by atoms with E-state index in [2.05, 4.69) is 6.92 Å². The lowest BCUT2D eigenvalue weighted by Crippen LogP contribution is -2.04. The molecular formula is C8H9ClN. The van der Waals surface area contributed by atoms with Crippen molar-refractivity contribution in [2.45, 2.75) is 6.04 Å². The van der Waals surface area contributed by atoms with Gasteiger partial charge in [-0.25, -0.2) is 0 Å². The van der Waals surface area contributed by atoms with Gasteiger partial charge in [-0.15, -0.1) is 0 Å². The Kier molecular flexibility index (Phi) is 2.30. The van der Waals surface area contributed by atoms with Gasteiger partial charge in [0.2, 0.25) is 0 Å². The number of benzene rings is 1. The van der Waals surface area contributed by atoms with Gasteiger partial charge in [-0.3, -0.25) is 0 Å². The minimum Gasteiger partial charge on any atom is -0.324 e. The van der Waals surface area contributed by atoms with Crippen LogP contribution in [0.1, 0.15) is 11.6 Å². The molecule has 1 rings (SSSR count). The van der Waals surface area contributed by atoms with Crippen molar-refractivity contribution in [2.24, 2.45) is 5.73 Å². The molecule has 0 bridgehead atoms. The third kappa shape index (κ3) is 1.72. The Balaban J connectivity index is 2.96. The number of hydrogen-bond acceptors (Lipinski definition) is 1. The summed E-state index contributed by atoms with van der Waals surface area (Å²) < 4.78 is 0. The van der Waals surface area contributed by atoms with Crippen LogP contribution in [-0.2, 0) is 0 Å². The molecule has 2 N–H and O–H groups in total. The van der Waals surface area contributed by atoms with E-state index < -0.39 is 0 Å². The first-order chi connectivity index (χ1) is 4.70. The standard InChI is InChI=1S/C8H9ClN/c1-6(10)7-3-2-4-8(9)5-7/h2-6H,1,10H2/t6-/m1/s1. The summed E-state index contributed by atoms with van der Waals surface area (Å²) in [5.74, 6) is 0. The highest BCUT2D eigenvalue weighted by atomic mass is 35.5. The molecule has 0 spiro atoms. The van der Waals surface area contributed by atoms with Crippen molar-refractivity contribution in [3.05, 3.63) is 41.8 Å². The van der Waals surface area contributed by atoms with Crippen molar-refractivity contribution < 1.29 is 0 Å². The first-order valence-corrected chi connectivity index (χ1v) is 3.42. The fourth-order valence-electron chi connectivity index (χ4n) is 0.737. The summed E-state index contributed by atoms with van der Waals surface area (Å²) in [5.41, 5.74) is 6.48. The van der Waals surface area contributed by atoms with Crippen LogP contribution in [0.5, 0.6) is 0 Å². The summed E-state index contributed by atoms with van der Waals surface area (Å²) in [6, 6.07) is 7.22. The second kappa shape index (κ2) is 3.04. The Hall–Kier alpha value is -0.530. The molecule has 0 aliphatic rings. The van der Waals surface area contributed by atoms with Crippen LogP contribution < -0.4 is 5.73 Å². The van der Waals surface area contributed by atoms with Gasteiger partial charge in [-0.1, -0.05) is 23.7 Å². The van der Waals surface area contributed by atoms with E-state index in [1.807, 2.05) is 24.3 Å². The zero-order valence-electron chi connectivity index (χ0n) is 5.55. The van der Waals surface area contributed by atoms with E-state index >= 15 is 0 Å². The number of hydrogen-bond donors (Lipinski definition) is 1. The summed E-state index contributed by atoms with van der Waals surface area (Å²) in [6.07, 6.45) is 0. The fourth-order valence-corrected chi connectivity index (χ4v) is 0.936. The maximum absolute atomic E-state index is 5.71. The van der Waals surface area contributed by atoms with Gasteiger partial charge in [0.25, 0.3) is 0 Å². The first-order valence-electron chi connectivity index (χ1n) is 3.04. The minimum atomic E-state index is -0.182. The SMILES string of the molecule is [CH2][C@@H](N)c1cccc(Cl)c1. The van der Waals surface area contributed by atoms with Crippen LogP contribution >= 0.6 is 11.6 Å². The highest BCUT2D eigenvalue weighted by Gasteiger charge is 1.97. The number of rotatable bonds is 1. The molecule has 1 atom stereocenters. The van der Waals surface area contributed by atoms with Gasteiger partial charge in [-0.05, 0) is 24.6 Å². The third-order valence-corrected chi connectivity index (χ3v) is 1.51. The minimum absolute atomic E-state index is 0.182. The molecule has 1 aromatic rings. The molecular weight excluding hydrogens is 146 g/mol. The molecule has 1 nitrogen and oxygen atoms in total. The highest BCUT2D eigenvalue weighted by Crippen LogP contribution is 2.14. The van der Waals surface area contributed by atoms with Crippen molar-refractivity contribution >= 4 is 11.6 Å². The summed E-state index contributed by atoms with van der Waals surface area (Å²) in [7, 11) is 0. The lowest BCUT2D eigenvalue weighted by molar-refractivity contribution is 0.908. The van der Waals surface area contributed by atoms with E-state index in [9.17, 15) is 0 Å². The van der Waals surface area contributed by atoms with Gasteiger partial charge in [0.05, 0.1) is 0 Å². The van der Waals surface area contributed by atoms with E-state index in [4.69, 9.17) is 17.3 Å². The van der Waals surface area contributed by atoms with Gasteiger partial charge in [-0.2, -0.15) is 0 Å². The van der Waals surface area contributed by atoms with Crippen molar-refractivity contribution in [3.63, 3.8) is 0 Å². The molecule has 2 heteroatoms. The summed E-state index contributed by atoms with van der Waals surface area (Å²) in [4.78, 5) is 0. The predicted molar refractivity (Wildman–Crippen MR) is 43.7 cm³/mol. The van der Waals surface area contributed by atoms with E-state index in [-0.39, 0.29) is 6.04 Å². The quantitative estimate of drug-likeness (QED) is 0.659. The second-order valence-electron chi connectivity index (χ2n) is 2.16. The zero-order chi connectivity index (χ0) is 7.56. The maximum Gasteiger partial charge on any atom is 0.0409 e. The lowest BCUT2D eigenvalue weighted by atomic mass is 10.1. The van der Waals surface area contributed by atoms with Crippen molar-refractivity contribution in [1.82, 2.24) is 0 Å². The normalized spacial score (nSPS) is 13.1. The molecule has 0 aliphatic heterocycles. The van der Waals surface area contributed by atoms with Crippen LogP contribution in [-0.4, -0.2) is 0 Å². The summed E-state index contributed by atoms with van der Waals surface area (Å²) >= 11 is 5.71. The zero-order valence-corrected chi connectivity index (χ0v) is 6.31. The molecule has 0 aromatic heterocycles. The molecule has 0 amide bonds. The molecule has 0 heterocycles. The molecule has 1 radical (unpaired) electrons. The lowest BCUT2D eigenvalue weighted by Gasteiger charge is -2.03. The van der Waals surface area contributed by atoms with Gasteiger partial charge < -0.3 is 5.73 Å². The van der Waals surface area contributed by atoms with Gasteiger partial charge in [0, 0.05) is 11.1 Å². The van der Waals surface area contributed by atoms with Gasteiger partial charge in [0.15, 0.2) is 0 Å². The van der Waals surface area contributed by atoms with Gasteiger partial charge in [0.1, 0.15) is 0 Å². The van der Waals surface area contributed by atoms with Crippen LogP contribution in [0.2, 0.25) is 5.02 Å². The summed E-state index contributed by atoms with van der Waals surface area (Å²) in [6.45, 7) is 3.67. The smallest absolute Gasteiger partial charge is 0.0409 e.